The van der Waals surface area contributed by atoms with Crippen molar-refractivity contribution in [3.05, 3.63) is 23.8 Å². The molecule has 1 aliphatic carbocycles. The number of halogens is 1. The lowest BCUT2D eigenvalue weighted by Gasteiger charge is -2.30. The molecule has 7 nitrogen and oxygen atoms in total. The van der Waals surface area contributed by atoms with Crippen LogP contribution >= 0.6 is 0 Å². The van der Waals surface area contributed by atoms with E-state index in [0.717, 1.165) is 12.8 Å². The van der Waals surface area contributed by atoms with E-state index in [1.807, 2.05) is 20.8 Å². The molecule has 0 aliphatic heterocycles. The molecule has 8 heteroatoms. The molecule has 0 spiro atoms. The van der Waals surface area contributed by atoms with Crippen LogP contribution < -0.4 is 14.8 Å². The van der Waals surface area contributed by atoms with E-state index in [2.05, 4.69) is 5.32 Å². The number of nitrogens with one attached hydrogen (secondary N) is 1. The van der Waals surface area contributed by atoms with E-state index in [9.17, 15) is 14.0 Å². The summed E-state index contributed by atoms with van der Waals surface area (Å²) in [7, 11) is 1.30. The fourth-order valence-electron chi connectivity index (χ4n) is 3.10. The molecule has 0 atom stereocenters. The molecule has 1 N–H and O–H groups in total. The van der Waals surface area contributed by atoms with E-state index in [1.165, 1.54) is 7.11 Å². The number of hydrogen-bond donors (Lipinski definition) is 1. The maximum atomic E-state index is 12.4. The largest absolute Gasteiger partial charge is 0.491 e. The second-order valence-electron chi connectivity index (χ2n) is 7.92. The second-order valence-corrected chi connectivity index (χ2v) is 7.92. The predicted molar refractivity (Wildman–Crippen MR) is 105 cm³/mol. The zero-order valence-corrected chi connectivity index (χ0v) is 17.5. The summed E-state index contributed by atoms with van der Waals surface area (Å²) >= 11 is 0. The Morgan fingerprint density at radius 2 is 1.86 bits per heavy atom. The Bertz CT molecular complexity index is 695. The first-order valence-corrected chi connectivity index (χ1v) is 9.79. The van der Waals surface area contributed by atoms with Crippen molar-refractivity contribution in [1.29, 1.82) is 0 Å². The predicted octanol–water partition coefficient (Wildman–Crippen LogP) is 4.04. The van der Waals surface area contributed by atoms with Crippen molar-refractivity contribution in [2.75, 3.05) is 20.4 Å². The third-order valence-electron chi connectivity index (χ3n) is 4.39. The SMILES string of the molecule is COC(=O)c1ccc(OCCF)cc1O[C@H]1CC[C@@H](NC(=O)OC(C)(C)C)CC1. The van der Waals surface area contributed by atoms with E-state index in [4.69, 9.17) is 18.9 Å². The highest BCUT2D eigenvalue weighted by Crippen LogP contribution is 2.30. The molecule has 0 heterocycles. The molecule has 0 radical (unpaired) electrons. The van der Waals surface area contributed by atoms with Gasteiger partial charge in [-0.2, -0.15) is 0 Å². The van der Waals surface area contributed by atoms with E-state index < -0.39 is 24.3 Å². The Hall–Kier alpha value is -2.51. The molecule has 0 bridgehead atoms. The van der Waals surface area contributed by atoms with Gasteiger partial charge in [0.15, 0.2) is 0 Å². The number of carbonyl (C=O) groups is 2. The Labute approximate surface area is 170 Å². The van der Waals surface area contributed by atoms with Crippen molar-refractivity contribution in [2.24, 2.45) is 0 Å². The number of alkyl halides is 1. The van der Waals surface area contributed by atoms with Crippen molar-refractivity contribution in [3.8, 4) is 11.5 Å². The minimum atomic E-state index is -0.608. The van der Waals surface area contributed by atoms with Crippen LogP contribution in [0.25, 0.3) is 0 Å². The third kappa shape index (κ3) is 7.44. The summed E-state index contributed by atoms with van der Waals surface area (Å²) in [5, 5.41) is 2.88. The van der Waals surface area contributed by atoms with Gasteiger partial charge in [0.25, 0.3) is 0 Å². The molecule has 29 heavy (non-hydrogen) atoms. The van der Waals surface area contributed by atoms with Crippen molar-refractivity contribution in [1.82, 2.24) is 5.32 Å². The highest BCUT2D eigenvalue weighted by molar-refractivity contribution is 5.92. The van der Waals surface area contributed by atoms with Crippen LogP contribution in [0.2, 0.25) is 0 Å². The lowest BCUT2D eigenvalue weighted by molar-refractivity contribution is 0.0465. The summed E-state index contributed by atoms with van der Waals surface area (Å²) < 4.78 is 33.8. The Balaban J connectivity index is 1.96. The monoisotopic (exact) mass is 411 g/mol. The summed E-state index contributed by atoms with van der Waals surface area (Å²) in [5.74, 6) is 0.250. The molecule has 0 unspecified atom stereocenters. The lowest BCUT2D eigenvalue weighted by Crippen LogP contribution is -2.42. The number of carbonyl (C=O) groups excluding carboxylic acids is 2. The number of hydrogen-bond acceptors (Lipinski definition) is 6. The molecule has 1 fully saturated rings. The average molecular weight is 411 g/mol. The summed E-state index contributed by atoms with van der Waals surface area (Å²) in [6.07, 6.45) is 2.33. The van der Waals surface area contributed by atoms with Crippen LogP contribution in [-0.2, 0) is 9.47 Å². The standard InChI is InChI=1S/C21H30FNO6/c1-21(2,3)29-20(25)23-14-5-7-15(8-6-14)28-18-13-16(27-12-11-22)9-10-17(18)19(24)26-4/h9-10,13-15H,5-8,11-12H2,1-4H3,(H,23,25)/t14-,15+. The van der Waals surface area contributed by atoms with Crippen LogP contribution in [0.1, 0.15) is 56.8 Å². The van der Waals surface area contributed by atoms with E-state index in [0.29, 0.717) is 24.3 Å². The second kappa shape index (κ2) is 10.3. The zero-order valence-electron chi connectivity index (χ0n) is 17.5. The molecule has 1 aliphatic rings. The molecular weight excluding hydrogens is 381 g/mol. The van der Waals surface area contributed by atoms with Crippen LogP contribution in [0.3, 0.4) is 0 Å². The first kappa shape index (κ1) is 22.8. The number of alkyl carbamates (subject to hydrolysis) is 1. The van der Waals surface area contributed by atoms with Crippen LogP contribution in [0, 0.1) is 0 Å². The van der Waals surface area contributed by atoms with Crippen molar-refractivity contribution >= 4 is 12.1 Å². The van der Waals surface area contributed by atoms with Gasteiger partial charge in [-0.15, -0.1) is 0 Å². The van der Waals surface area contributed by atoms with Gasteiger partial charge in [-0.1, -0.05) is 0 Å². The topological polar surface area (TPSA) is 83.1 Å². The zero-order chi connectivity index (χ0) is 21.4. The number of esters is 1. The smallest absolute Gasteiger partial charge is 0.407 e. The van der Waals surface area contributed by atoms with E-state index in [-0.39, 0.29) is 24.3 Å². The molecule has 1 aromatic carbocycles. The van der Waals surface area contributed by atoms with Crippen molar-refractivity contribution in [3.63, 3.8) is 0 Å². The molecule has 1 saturated carbocycles. The normalized spacial score (nSPS) is 19.2. The van der Waals surface area contributed by atoms with Crippen molar-refractivity contribution < 1.29 is 32.9 Å². The first-order valence-electron chi connectivity index (χ1n) is 9.79. The van der Waals surface area contributed by atoms with Gasteiger partial charge in [0.2, 0.25) is 0 Å². The number of rotatable bonds is 7. The van der Waals surface area contributed by atoms with E-state index in [1.54, 1.807) is 18.2 Å². The Morgan fingerprint density at radius 3 is 2.45 bits per heavy atom. The third-order valence-corrected chi connectivity index (χ3v) is 4.39. The van der Waals surface area contributed by atoms with Gasteiger partial charge in [-0.05, 0) is 58.6 Å². The summed E-state index contributed by atoms with van der Waals surface area (Å²) in [6.45, 7) is 4.78. The highest BCUT2D eigenvalue weighted by atomic mass is 19.1. The molecular formula is C21H30FNO6. The summed E-state index contributed by atoms with van der Waals surface area (Å²) in [5.41, 5.74) is -0.252. The van der Waals surface area contributed by atoms with Crippen LogP contribution in [0.5, 0.6) is 11.5 Å². The minimum Gasteiger partial charge on any atom is -0.491 e. The van der Waals surface area contributed by atoms with Gasteiger partial charge in [0.1, 0.15) is 35.9 Å². The Morgan fingerprint density at radius 1 is 1.17 bits per heavy atom. The molecule has 162 valence electrons. The molecule has 0 saturated heterocycles. The highest BCUT2D eigenvalue weighted by Gasteiger charge is 2.27. The summed E-state index contributed by atoms with van der Waals surface area (Å²) in [6, 6.07) is 4.72. The van der Waals surface area contributed by atoms with Crippen LogP contribution in [0.15, 0.2) is 18.2 Å². The van der Waals surface area contributed by atoms with Gasteiger partial charge in [0, 0.05) is 12.1 Å². The molecule has 1 aromatic rings. The van der Waals surface area contributed by atoms with Gasteiger partial charge in [-0.3, -0.25) is 0 Å². The van der Waals surface area contributed by atoms with Gasteiger partial charge < -0.3 is 24.3 Å². The van der Waals surface area contributed by atoms with Gasteiger partial charge in [-0.25, -0.2) is 14.0 Å². The minimum absolute atomic E-state index is 0.0176. The van der Waals surface area contributed by atoms with Crippen LogP contribution in [-0.4, -0.2) is 50.2 Å². The summed E-state index contributed by atoms with van der Waals surface area (Å²) in [4.78, 5) is 23.9. The fraction of sp³-hybridized carbons (Fsp3) is 0.619. The first-order chi connectivity index (χ1) is 13.7. The van der Waals surface area contributed by atoms with Gasteiger partial charge >= 0.3 is 12.1 Å². The molecule has 2 rings (SSSR count). The Kier molecular flexibility index (Phi) is 8.10. The fourth-order valence-corrected chi connectivity index (χ4v) is 3.10. The molecule has 0 aromatic heterocycles. The average Bonchev–Trinajstić information content (AvgIpc) is 2.66. The number of methoxy groups -OCH3 is 1. The van der Waals surface area contributed by atoms with E-state index >= 15 is 0 Å². The van der Waals surface area contributed by atoms with Gasteiger partial charge in [0.05, 0.1) is 13.2 Å². The number of amides is 1. The number of benzene rings is 1. The quantitative estimate of drug-likeness (QED) is 0.682. The molecule has 1 amide bonds. The lowest BCUT2D eigenvalue weighted by atomic mass is 9.93. The van der Waals surface area contributed by atoms with Crippen LogP contribution in [0.4, 0.5) is 9.18 Å². The maximum absolute atomic E-state index is 12.4. The maximum Gasteiger partial charge on any atom is 0.407 e. The van der Waals surface area contributed by atoms with Crippen molar-refractivity contribution in [2.45, 2.75) is 64.2 Å². The number of ether oxygens (including phenoxy) is 4.